The molecule has 2 rings (SSSR count). The molecule has 1 aliphatic rings. The topological polar surface area (TPSA) is 53.1 Å². The van der Waals surface area contributed by atoms with E-state index in [2.05, 4.69) is 49.9 Å². The quantitative estimate of drug-likeness (QED) is 0.656. The third-order valence-corrected chi connectivity index (χ3v) is 4.17. The number of likely N-dealkylation sites (tertiary alicyclic amines) is 1. The van der Waals surface area contributed by atoms with Gasteiger partial charge in [-0.05, 0) is 35.9 Å². The van der Waals surface area contributed by atoms with Crippen LogP contribution in [0.15, 0.2) is 24.3 Å². The number of nitrogens with zero attached hydrogens (tertiary/aromatic N) is 1. The van der Waals surface area contributed by atoms with Crippen LogP contribution in [-0.4, -0.2) is 23.8 Å². The summed E-state index contributed by atoms with van der Waals surface area (Å²) >= 11 is 0. The Hall–Kier alpha value is -1.35. The summed E-state index contributed by atoms with van der Waals surface area (Å²) in [5.74, 6) is 0.593. The zero-order valence-corrected chi connectivity index (χ0v) is 12.9. The van der Waals surface area contributed by atoms with E-state index in [0.29, 0.717) is 5.84 Å². The van der Waals surface area contributed by atoms with Gasteiger partial charge in [0.2, 0.25) is 0 Å². The van der Waals surface area contributed by atoms with Crippen LogP contribution in [-0.2, 0) is 12.0 Å². The van der Waals surface area contributed by atoms with Crippen molar-refractivity contribution < 1.29 is 0 Å². The average Bonchev–Trinajstić information content (AvgIpc) is 2.38. The highest BCUT2D eigenvalue weighted by Crippen LogP contribution is 2.23. The Morgan fingerprint density at radius 2 is 1.95 bits per heavy atom. The molecule has 1 aromatic carbocycles. The summed E-state index contributed by atoms with van der Waals surface area (Å²) in [5, 5.41) is 7.61. The Morgan fingerprint density at radius 3 is 2.50 bits per heavy atom. The molecule has 1 heterocycles. The number of hydrogen-bond donors (Lipinski definition) is 2. The van der Waals surface area contributed by atoms with Crippen molar-refractivity contribution in [3.63, 3.8) is 0 Å². The predicted octanol–water partition coefficient (Wildman–Crippen LogP) is 3.13. The molecule has 20 heavy (non-hydrogen) atoms. The second kappa shape index (κ2) is 5.96. The van der Waals surface area contributed by atoms with Crippen LogP contribution >= 0.6 is 0 Å². The second-order valence-corrected chi connectivity index (χ2v) is 6.98. The normalized spacial score (nSPS) is 20.9. The monoisotopic (exact) mass is 273 g/mol. The van der Waals surface area contributed by atoms with E-state index in [4.69, 9.17) is 11.1 Å². The fraction of sp³-hybridized carbons (Fsp3) is 0.588. The molecular weight excluding hydrogens is 246 g/mol. The van der Waals surface area contributed by atoms with Crippen LogP contribution in [0.1, 0.15) is 44.7 Å². The first kappa shape index (κ1) is 15.0. The predicted molar refractivity (Wildman–Crippen MR) is 85.1 cm³/mol. The number of nitrogens with one attached hydrogen (secondary N) is 1. The Kier molecular flexibility index (Phi) is 4.48. The van der Waals surface area contributed by atoms with Crippen LogP contribution in [0.3, 0.4) is 0 Å². The molecule has 0 radical (unpaired) electrons. The van der Waals surface area contributed by atoms with E-state index in [-0.39, 0.29) is 11.3 Å². The van der Waals surface area contributed by atoms with Crippen LogP contribution in [0, 0.1) is 11.3 Å². The third kappa shape index (κ3) is 3.83. The molecule has 0 bridgehead atoms. The smallest absolute Gasteiger partial charge is 0.0949 e. The van der Waals surface area contributed by atoms with Crippen LogP contribution in [0.2, 0.25) is 0 Å². The zero-order chi connectivity index (χ0) is 14.8. The van der Waals surface area contributed by atoms with Gasteiger partial charge in [-0.2, -0.15) is 0 Å². The Bertz CT molecular complexity index is 456. The summed E-state index contributed by atoms with van der Waals surface area (Å²) in [6.45, 7) is 9.73. The Labute approximate surface area is 122 Å². The van der Waals surface area contributed by atoms with E-state index in [1.165, 1.54) is 11.1 Å². The standard InChI is InChI=1S/C17H27N3/c1-17(2,3)15-8-6-13(7-9-15)11-20-10-4-5-14(12-20)16(18)19/h6-9,14H,4-5,10-12H2,1-3H3,(H3,18,19). The van der Waals surface area contributed by atoms with E-state index in [1.807, 2.05) is 0 Å². The fourth-order valence-electron chi connectivity index (χ4n) is 2.82. The third-order valence-electron chi connectivity index (χ3n) is 4.17. The summed E-state index contributed by atoms with van der Waals surface area (Å²) in [5.41, 5.74) is 8.58. The number of hydrogen-bond acceptors (Lipinski definition) is 2. The maximum atomic E-state index is 7.61. The van der Waals surface area contributed by atoms with Crippen molar-refractivity contribution in [2.24, 2.45) is 11.7 Å². The van der Waals surface area contributed by atoms with Crippen molar-refractivity contribution >= 4 is 5.84 Å². The van der Waals surface area contributed by atoms with Gasteiger partial charge in [0.05, 0.1) is 5.84 Å². The molecule has 1 fully saturated rings. The Balaban J connectivity index is 1.98. The molecule has 1 saturated heterocycles. The number of piperidine rings is 1. The van der Waals surface area contributed by atoms with E-state index < -0.39 is 0 Å². The Morgan fingerprint density at radius 1 is 1.30 bits per heavy atom. The van der Waals surface area contributed by atoms with Crippen molar-refractivity contribution in [3.05, 3.63) is 35.4 Å². The van der Waals surface area contributed by atoms with Gasteiger partial charge in [-0.15, -0.1) is 0 Å². The first-order chi connectivity index (χ1) is 9.36. The molecule has 1 unspecified atom stereocenters. The van der Waals surface area contributed by atoms with Crippen LogP contribution in [0.5, 0.6) is 0 Å². The molecule has 3 nitrogen and oxygen atoms in total. The van der Waals surface area contributed by atoms with Gasteiger partial charge in [0, 0.05) is 19.0 Å². The van der Waals surface area contributed by atoms with Crippen LogP contribution in [0.25, 0.3) is 0 Å². The highest BCUT2D eigenvalue weighted by molar-refractivity contribution is 5.79. The summed E-state index contributed by atoms with van der Waals surface area (Å²) in [7, 11) is 0. The molecule has 0 aromatic heterocycles. The minimum Gasteiger partial charge on any atom is -0.387 e. The van der Waals surface area contributed by atoms with Crippen molar-refractivity contribution in [3.8, 4) is 0 Å². The molecule has 1 aromatic rings. The molecule has 1 atom stereocenters. The number of nitrogens with two attached hydrogens (primary N) is 1. The molecule has 0 amide bonds. The van der Waals surface area contributed by atoms with Crippen molar-refractivity contribution in [2.75, 3.05) is 13.1 Å². The van der Waals surface area contributed by atoms with Crippen molar-refractivity contribution in [2.45, 2.75) is 45.6 Å². The van der Waals surface area contributed by atoms with E-state index in [9.17, 15) is 0 Å². The zero-order valence-electron chi connectivity index (χ0n) is 12.9. The summed E-state index contributed by atoms with van der Waals surface area (Å²) in [6.07, 6.45) is 2.21. The van der Waals surface area contributed by atoms with Gasteiger partial charge < -0.3 is 5.73 Å². The minimum atomic E-state index is 0.212. The molecule has 1 aliphatic heterocycles. The molecule has 3 N–H and O–H groups in total. The van der Waals surface area contributed by atoms with Gasteiger partial charge in [-0.3, -0.25) is 10.3 Å². The SMILES string of the molecule is CC(C)(C)c1ccc(CN2CCCC(C(=N)N)C2)cc1. The lowest BCUT2D eigenvalue weighted by Crippen LogP contribution is -2.40. The second-order valence-electron chi connectivity index (χ2n) is 6.98. The fourth-order valence-corrected chi connectivity index (χ4v) is 2.82. The molecule has 0 aliphatic carbocycles. The molecule has 110 valence electrons. The van der Waals surface area contributed by atoms with Crippen molar-refractivity contribution in [1.82, 2.24) is 4.90 Å². The van der Waals surface area contributed by atoms with E-state index in [1.54, 1.807) is 0 Å². The highest BCUT2D eigenvalue weighted by Gasteiger charge is 2.22. The largest absolute Gasteiger partial charge is 0.387 e. The van der Waals surface area contributed by atoms with Gasteiger partial charge in [-0.25, -0.2) is 0 Å². The van der Waals surface area contributed by atoms with Gasteiger partial charge in [-0.1, -0.05) is 45.0 Å². The van der Waals surface area contributed by atoms with Gasteiger partial charge in [0.1, 0.15) is 0 Å². The molecular formula is C17H27N3. The lowest BCUT2D eigenvalue weighted by molar-refractivity contribution is 0.196. The highest BCUT2D eigenvalue weighted by atomic mass is 15.1. The maximum absolute atomic E-state index is 7.61. The summed E-state index contributed by atoms with van der Waals surface area (Å²) in [6, 6.07) is 8.94. The lowest BCUT2D eigenvalue weighted by Gasteiger charge is -2.32. The van der Waals surface area contributed by atoms with Crippen LogP contribution in [0.4, 0.5) is 0 Å². The van der Waals surface area contributed by atoms with Gasteiger partial charge >= 0.3 is 0 Å². The van der Waals surface area contributed by atoms with Crippen molar-refractivity contribution in [1.29, 1.82) is 5.41 Å². The first-order valence-corrected chi connectivity index (χ1v) is 7.52. The first-order valence-electron chi connectivity index (χ1n) is 7.52. The molecule has 0 spiro atoms. The summed E-state index contributed by atoms with van der Waals surface area (Å²) < 4.78 is 0. The maximum Gasteiger partial charge on any atom is 0.0949 e. The lowest BCUT2D eigenvalue weighted by atomic mass is 9.86. The molecule has 0 saturated carbocycles. The molecule has 3 heteroatoms. The number of rotatable bonds is 3. The van der Waals surface area contributed by atoms with Crippen LogP contribution < -0.4 is 5.73 Å². The van der Waals surface area contributed by atoms with Gasteiger partial charge in [0.25, 0.3) is 0 Å². The number of benzene rings is 1. The average molecular weight is 273 g/mol. The van der Waals surface area contributed by atoms with E-state index in [0.717, 1.165) is 32.5 Å². The summed E-state index contributed by atoms with van der Waals surface area (Å²) in [4.78, 5) is 2.42. The van der Waals surface area contributed by atoms with Gasteiger partial charge in [0.15, 0.2) is 0 Å². The number of amidine groups is 1. The minimum absolute atomic E-state index is 0.212. The van der Waals surface area contributed by atoms with E-state index >= 15 is 0 Å².